The van der Waals surface area contributed by atoms with Gasteiger partial charge in [0.2, 0.25) is 0 Å². The molecule has 0 atom stereocenters. The number of ether oxygens (including phenoxy) is 2. The Morgan fingerprint density at radius 2 is 1.79 bits per heavy atom. The maximum Gasteiger partial charge on any atom is 0.298 e. The van der Waals surface area contributed by atoms with Gasteiger partial charge in [0.25, 0.3) is 11.7 Å². The van der Waals surface area contributed by atoms with Crippen LogP contribution in [0.4, 0.5) is 5.13 Å². The van der Waals surface area contributed by atoms with Gasteiger partial charge in [0, 0.05) is 10.9 Å². The maximum atomic E-state index is 13.0. The molecule has 0 fully saturated rings. The number of hydrogen-bond donors (Lipinski definition) is 1. The van der Waals surface area contributed by atoms with Crippen LogP contribution in [0.1, 0.15) is 21.7 Å². The van der Waals surface area contributed by atoms with Crippen molar-refractivity contribution in [2.45, 2.75) is 13.8 Å². The lowest BCUT2D eigenvalue weighted by Gasteiger charge is -2.08. The van der Waals surface area contributed by atoms with Gasteiger partial charge in [-0.05, 0) is 44.2 Å². The summed E-state index contributed by atoms with van der Waals surface area (Å²) >= 11 is 1.22. The molecule has 0 radical (unpaired) electrons. The highest BCUT2D eigenvalue weighted by Crippen LogP contribution is 2.35. The third-order valence-corrected chi connectivity index (χ3v) is 5.89. The van der Waals surface area contributed by atoms with Gasteiger partial charge in [0.15, 0.2) is 5.13 Å². The number of nitrogens with one attached hydrogen (secondary N) is 1. The van der Waals surface area contributed by atoms with E-state index in [9.17, 15) is 9.59 Å². The number of benzene rings is 2. The average molecular weight is 463 g/mol. The minimum absolute atomic E-state index is 0.280. The summed E-state index contributed by atoms with van der Waals surface area (Å²) in [4.78, 5) is 30.2. The topological polar surface area (TPSA) is 95.3 Å². The molecule has 1 amide bonds. The van der Waals surface area contributed by atoms with E-state index >= 15 is 0 Å². The number of carbonyl (C=O) groups is 2. The van der Waals surface area contributed by atoms with Crippen LogP contribution in [0.15, 0.2) is 53.9 Å². The molecule has 4 aromatic rings. The van der Waals surface area contributed by atoms with Crippen LogP contribution >= 0.6 is 11.3 Å². The van der Waals surface area contributed by atoms with Crippen molar-refractivity contribution in [2.75, 3.05) is 19.5 Å². The number of hydrogen-bond acceptors (Lipinski definition) is 7. The van der Waals surface area contributed by atoms with Crippen LogP contribution in [0.3, 0.4) is 0 Å². The Balaban J connectivity index is 1.57. The van der Waals surface area contributed by atoms with Gasteiger partial charge in [0.1, 0.15) is 11.5 Å². The van der Waals surface area contributed by atoms with Crippen LogP contribution in [0.2, 0.25) is 0 Å². The van der Waals surface area contributed by atoms with Gasteiger partial charge in [-0.2, -0.15) is 5.10 Å². The highest BCUT2D eigenvalue weighted by atomic mass is 32.1. The Hall–Kier alpha value is -3.98. The van der Waals surface area contributed by atoms with Crippen molar-refractivity contribution in [3.63, 3.8) is 0 Å². The number of carbonyl (C=O) groups excluding carboxylic acids is 2. The fourth-order valence-corrected chi connectivity index (χ4v) is 4.23. The molecule has 9 heteroatoms. The average Bonchev–Trinajstić information content (AvgIpc) is 3.42. The van der Waals surface area contributed by atoms with Gasteiger partial charge in [-0.3, -0.25) is 14.9 Å². The molecule has 2 heterocycles. The van der Waals surface area contributed by atoms with Crippen LogP contribution in [0.5, 0.6) is 11.5 Å². The number of rotatable bonds is 7. The molecule has 2 aromatic heterocycles. The molecule has 4 rings (SSSR count). The molecular weight excluding hydrogens is 440 g/mol. The van der Waals surface area contributed by atoms with Crippen molar-refractivity contribution in [2.24, 2.45) is 0 Å². The molecular formula is C24H22N4O4S. The Morgan fingerprint density at radius 3 is 2.48 bits per heavy atom. The maximum absolute atomic E-state index is 13.0. The van der Waals surface area contributed by atoms with Crippen LogP contribution in [-0.2, 0) is 4.79 Å². The zero-order valence-corrected chi connectivity index (χ0v) is 19.4. The molecule has 0 aliphatic rings. The van der Waals surface area contributed by atoms with Crippen LogP contribution in [-0.4, -0.2) is 40.7 Å². The summed E-state index contributed by atoms with van der Waals surface area (Å²) in [6.45, 7) is 3.48. The van der Waals surface area contributed by atoms with Crippen molar-refractivity contribution in [1.82, 2.24) is 14.8 Å². The van der Waals surface area contributed by atoms with Crippen LogP contribution in [0, 0.1) is 13.8 Å². The third-order valence-electron chi connectivity index (χ3n) is 5.13. The van der Waals surface area contributed by atoms with Gasteiger partial charge >= 0.3 is 0 Å². The molecule has 0 unspecified atom stereocenters. The zero-order chi connectivity index (χ0) is 23.5. The monoisotopic (exact) mass is 462 g/mol. The summed E-state index contributed by atoms with van der Waals surface area (Å²) in [5.41, 5.74) is 3.49. The minimum atomic E-state index is -0.771. The first-order valence-corrected chi connectivity index (χ1v) is 11.0. The predicted octanol–water partition coefficient (Wildman–Crippen LogP) is 4.45. The second-order valence-electron chi connectivity index (χ2n) is 7.18. The Labute approximate surface area is 194 Å². The van der Waals surface area contributed by atoms with Gasteiger partial charge in [-0.1, -0.05) is 18.2 Å². The number of Topliss-reactive ketones (excluding diaryl/α,β-unsaturated/α-hetero) is 1. The number of amides is 1. The van der Waals surface area contributed by atoms with E-state index in [1.165, 1.54) is 11.3 Å². The molecule has 0 spiro atoms. The summed E-state index contributed by atoms with van der Waals surface area (Å²) in [5, 5.41) is 9.14. The second-order valence-corrected chi connectivity index (χ2v) is 8.04. The molecule has 0 bridgehead atoms. The predicted molar refractivity (Wildman–Crippen MR) is 127 cm³/mol. The molecule has 0 aliphatic heterocycles. The van der Waals surface area contributed by atoms with Crippen molar-refractivity contribution in [3.05, 3.63) is 70.9 Å². The van der Waals surface area contributed by atoms with Gasteiger partial charge in [0.05, 0.1) is 42.6 Å². The quantitative estimate of drug-likeness (QED) is 0.322. The van der Waals surface area contributed by atoms with Gasteiger partial charge < -0.3 is 9.47 Å². The number of ketones is 1. The van der Waals surface area contributed by atoms with Gasteiger partial charge in [-0.15, -0.1) is 11.3 Å². The number of aryl methyl sites for hydroxylation is 1. The first-order chi connectivity index (χ1) is 15.9. The zero-order valence-electron chi connectivity index (χ0n) is 18.6. The number of thiazole rings is 1. The minimum Gasteiger partial charge on any atom is -0.497 e. The van der Waals surface area contributed by atoms with E-state index in [1.54, 1.807) is 56.3 Å². The molecule has 0 saturated carbocycles. The van der Waals surface area contributed by atoms with E-state index in [4.69, 9.17) is 9.47 Å². The highest BCUT2D eigenvalue weighted by molar-refractivity contribution is 7.14. The molecule has 1 N–H and O–H groups in total. The number of nitrogens with zero attached hydrogens (tertiary/aromatic N) is 3. The fourth-order valence-electron chi connectivity index (χ4n) is 3.53. The van der Waals surface area contributed by atoms with E-state index in [1.807, 2.05) is 30.3 Å². The van der Waals surface area contributed by atoms with Crippen molar-refractivity contribution >= 4 is 28.2 Å². The summed E-state index contributed by atoms with van der Waals surface area (Å²) < 4.78 is 12.4. The van der Waals surface area contributed by atoms with E-state index in [0.29, 0.717) is 33.7 Å². The number of anilines is 1. The lowest BCUT2D eigenvalue weighted by atomic mass is 10.1. The molecule has 0 aliphatic carbocycles. The molecule has 168 valence electrons. The summed E-state index contributed by atoms with van der Waals surface area (Å²) in [5.74, 6) is -0.161. The van der Waals surface area contributed by atoms with E-state index in [-0.39, 0.29) is 5.56 Å². The smallest absolute Gasteiger partial charge is 0.298 e. The Bertz CT molecular complexity index is 1330. The summed E-state index contributed by atoms with van der Waals surface area (Å²) in [7, 11) is 3.15. The van der Waals surface area contributed by atoms with Crippen molar-refractivity contribution in [3.8, 4) is 28.4 Å². The molecule has 0 saturated heterocycles. The summed E-state index contributed by atoms with van der Waals surface area (Å²) in [6.07, 6.45) is 0. The first kappa shape index (κ1) is 22.2. The Morgan fingerprint density at radius 1 is 1.03 bits per heavy atom. The van der Waals surface area contributed by atoms with E-state index in [2.05, 4.69) is 15.4 Å². The third kappa shape index (κ3) is 4.35. The standard InChI is InChI=1S/C24H22N4O4S/c1-14-21(15(2)28(27-14)16-8-6-5-7-9-16)22(29)23(30)26-24-25-19(13-33-24)18-12-17(31-3)10-11-20(18)32-4/h5-13H,1-4H3,(H,25,26,30). The van der Waals surface area contributed by atoms with Crippen LogP contribution < -0.4 is 14.8 Å². The van der Waals surface area contributed by atoms with Crippen LogP contribution in [0.25, 0.3) is 16.9 Å². The second kappa shape index (κ2) is 9.25. The lowest BCUT2D eigenvalue weighted by molar-refractivity contribution is -0.112. The largest absolute Gasteiger partial charge is 0.497 e. The van der Waals surface area contributed by atoms with E-state index in [0.717, 1.165) is 11.3 Å². The molecule has 33 heavy (non-hydrogen) atoms. The van der Waals surface area contributed by atoms with Crippen molar-refractivity contribution < 1.29 is 19.1 Å². The summed E-state index contributed by atoms with van der Waals surface area (Å²) in [6, 6.07) is 14.8. The van der Waals surface area contributed by atoms with Crippen molar-refractivity contribution in [1.29, 1.82) is 0 Å². The SMILES string of the molecule is COc1ccc(OC)c(-c2csc(NC(=O)C(=O)c3c(C)nn(-c4ccccc4)c3C)n2)c1. The molecule has 2 aromatic carbocycles. The Kier molecular flexibility index (Phi) is 6.23. The van der Waals surface area contributed by atoms with Gasteiger partial charge in [-0.25, -0.2) is 9.67 Å². The number of aromatic nitrogens is 3. The first-order valence-electron chi connectivity index (χ1n) is 10.1. The van der Waals surface area contributed by atoms with E-state index < -0.39 is 11.7 Å². The highest BCUT2D eigenvalue weighted by Gasteiger charge is 2.26. The fraction of sp³-hybridized carbons (Fsp3) is 0.167. The lowest BCUT2D eigenvalue weighted by Crippen LogP contribution is -2.24. The number of para-hydroxylation sites is 1. The normalized spacial score (nSPS) is 10.7. The number of methoxy groups -OCH3 is 2. The molecule has 8 nitrogen and oxygen atoms in total.